The Morgan fingerprint density at radius 1 is 0.327 bits per heavy atom. The van der Waals surface area contributed by atoms with E-state index in [9.17, 15) is 0 Å². The van der Waals surface area contributed by atoms with Crippen LogP contribution in [0, 0.1) is 0 Å². The van der Waals surface area contributed by atoms with Gasteiger partial charge in [0.2, 0.25) is 5.30 Å². The minimum Gasteiger partial charge on any atom is -0.267 e. The minimum absolute atomic E-state index is 0.0238. The molecule has 4 aromatic rings. The zero-order chi connectivity index (χ0) is 39.3. The Kier molecular flexibility index (Phi) is 11.3. The van der Waals surface area contributed by atoms with Gasteiger partial charge in [0.25, 0.3) is 0 Å². The van der Waals surface area contributed by atoms with Gasteiger partial charge < -0.3 is 0 Å². The van der Waals surface area contributed by atoms with Gasteiger partial charge in [-0.15, -0.1) is 0 Å². The molecule has 0 spiro atoms. The zero-order valence-corrected chi connectivity index (χ0v) is 36.6. The van der Waals surface area contributed by atoms with Crippen LogP contribution in [0.4, 0.5) is 0 Å². The molecule has 4 rings (SSSR count). The van der Waals surface area contributed by atoms with Gasteiger partial charge in [0, 0.05) is 16.7 Å². The highest BCUT2D eigenvalue weighted by molar-refractivity contribution is 7.70. The molecule has 0 fully saturated rings. The SMILES string of the molecule is CC(C)(C)c1ccc(O[P+](Oc2ccc(C(C)(C)C)cc2C(C)(C)C)(Oc2ccc(C(C)(C)C)cc2C(C)(C)C)c2ccccc2)c(C(C)(C)C)c1. The van der Waals surface area contributed by atoms with Crippen molar-refractivity contribution in [3.8, 4) is 17.2 Å². The van der Waals surface area contributed by atoms with Crippen LogP contribution in [-0.4, -0.2) is 0 Å². The molecule has 0 heterocycles. The molecule has 282 valence electrons. The van der Waals surface area contributed by atoms with E-state index in [1.165, 1.54) is 16.7 Å². The standard InChI is InChI=1S/C48H68O3P/c1-43(2,3)33-24-27-40(37(30-33)46(10,11)12)49-52(36-22-20-19-21-23-36,50-41-28-25-34(44(4,5)6)31-38(41)47(13,14)15)51-42-29-26-35(45(7,8)9)32-39(42)48(16,17)18/h19-32H,1-18H3/q+1. The number of hydrogen-bond donors (Lipinski definition) is 0. The van der Waals surface area contributed by atoms with Crippen molar-refractivity contribution in [3.05, 3.63) is 118 Å². The highest BCUT2D eigenvalue weighted by Gasteiger charge is 2.55. The monoisotopic (exact) mass is 723 g/mol. The normalized spacial score (nSPS) is 13.6. The molecule has 3 nitrogen and oxygen atoms in total. The van der Waals surface area contributed by atoms with Crippen LogP contribution in [0.2, 0.25) is 0 Å². The van der Waals surface area contributed by atoms with Crippen LogP contribution < -0.4 is 18.9 Å². The number of rotatable bonds is 7. The van der Waals surface area contributed by atoms with E-state index in [4.69, 9.17) is 13.6 Å². The van der Waals surface area contributed by atoms with E-state index < -0.39 is 7.94 Å². The molecule has 0 aliphatic rings. The van der Waals surface area contributed by atoms with E-state index in [0.717, 1.165) is 39.2 Å². The molecule has 0 N–H and O–H groups in total. The van der Waals surface area contributed by atoms with Crippen molar-refractivity contribution in [2.24, 2.45) is 0 Å². The Morgan fingerprint density at radius 2 is 0.596 bits per heavy atom. The molecule has 0 atom stereocenters. The van der Waals surface area contributed by atoms with E-state index >= 15 is 0 Å². The van der Waals surface area contributed by atoms with Gasteiger partial charge in [-0.1, -0.05) is 179 Å². The molecule has 0 unspecified atom stereocenters. The molecule has 0 aliphatic heterocycles. The molecule has 0 saturated heterocycles. The Bertz CT molecular complexity index is 1660. The lowest BCUT2D eigenvalue weighted by Gasteiger charge is -2.32. The molecule has 0 aromatic heterocycles. The lowest BCUT2D eigenvalue weighted by molar-refractivity contribution is 0.354. The van der Waals surface area contributed by atoms with Crippen LogP contribution in [0.3, 0.4) is 0 Å². The van der Waals surface area contributed by atoms with Gasteiger partial charge in [-0.2, -0.15) is 0 Å². The molecule has 0 radical (unpaired) electrons. The molecule has 0 aliphatic carbocycles. The second-order valence-electron chi connectivity index (χ2n) is 20.7. The summed E-state index contributed by atoms with van der Waals surface area (Å²) >= 11 is 0. The third kappa shape index (κ3) is 9.62. The molecule has 0 saturated carbocycles. The Hall–Kier alpha value is -3.29. The number of benzene rings is 4. The second kappa shape index (κ2) is 14.2. The smallest absolute Gasteiger partial charge is 0.267 e. The predicted molar refractivity (Wildman–Crippen MR) is 226 cm³/mol. The lowest BCUT2D eigenvalue weighted by atomic mass is 9.80. The lowest BCUT2D eigenvalue weighted by Crippen LogP contribution is -2.29. The van der Waals surface area contributed by atoms with Crippen molar-refractivity contribution < 1.29 is 13.6 Å². The van der Waals surface area contributed by atoms with Gasteiger partial charge in [-0.25, -0.2) is 0 Å². The van der Waals surface area contributed by atoms with Crippen molar-refractivity contribution in [2.45, 2.75) is 157 Å². The van der Waals surface area contributed by atoms with Gasteiger partial charge in [-0.3, -0.25) is 13.6 Å². The predicted octanol–water partition coefficient (Wildman–Crippen LogP) is 14.1. The third-order valence-corrected chi connectivity index (χ3v) is 11.9. The van der Waals surface area contributed by atoms with Crippen LogP contribution in [-0.2, 0) is 32.5 Å². The van der Waals surface area contributed by atoms with E-state index in [2.05, 4.69) is 191 Å². The molecule has 0 bridgehead atoms. The summed E-state index contributed by atoms with van der Waals surface area (Å²) in [5.74, 6) is 2.31. The summed E-state index contributed by atoms with van der Waals surface area (Å²) in [5, 5.41) is 0.870. The highest BCUT2D eigenvalue weighted by Crippen LogP contribution is 2.62. The molecular formula is C48H68O3P+. The van der Waals surface area contributed by atoms with Crippen LogP contribution in [0.5, 0.6) is 17.2 Å². The first-order valence-electron chi connectivity index (χ1n) is 19.0. The van der Waals surface area contributed by atoms with Crippen molar-refractivity contribution in [1.29, 1.82) is 0 Å². The van der Waals surface area contributed by atoms with Gasteiger partial charge >= 0.3 is 7.94 Å². The summed E-state index contributed by atoms with van der Waals surface area (Å²) in [4.78, 5) is 0. The van der Waals surface area contributed by atoms with E-state index in [0.29, 0.717) is 0 Å². The van der Waals surface area contributed by atoms with Crippen LogP contribution in [0.15, 0.2) is 84.9 Å². The fourth-order valence-corrected chi connectivity index (χ4v) is 8.42. The van der Waals surface area contributed by atoms with Crippen molar-refractivity contribution in [1.82, 2.24) is 0 Å². The fourth-order valence-electron chi connectivity index (χ4n) is 6.20. The molecular weight excluding hydrogens is 655 g/mol. The first kappa shape index (κ1) is 41.5. The summed E-state index contributed by atoms with van der Waals surface area (Å²) in [7, 11) is -3.47. The zero-order valence-electron chi connectivity index (χ0n) is 35.8. The first-order valence-corrected chi connectivity index (χ1v) is 20.6. The van der Waals surface area contributed by atoms with Gasteiger partial charge in [0.05, 0.1) is 0 Å². The Balaban J connectivity index is 2.12. The quantitative estimate of drug-likeness (QED) is 0.178. The summed E-state index contributed by atoms with van der Waals surface area (Å²) < 4.78 is 22.6. The van der Waals surface area contributed by atoms with Gasteiger partial charge in [0.1, 0.15) is 0 Å². The second-order valence-corrected chi connectivity index (χ2v) is 22.8. The maximum atomic E-state index is 7.52. The summed E-state index contributed by atoms with van der Waals surface area (Å²) in [5.41, 5.74) is 6.43. The summed E-state index contributed by atoms with van der Waals surface area (Å²) in [6.45, 7) is 40.5. The largest absolute Gasteiger partial charge is 0.580 e. The van der Waals surface area contributed by atoms with Crippen LogP contribution in [0.25, 0.3) is 0 Å². The maximum Gasteiger partial charge on any atom is 0.580 e. The number of hydrogen-bond acceptors (Lipinski definition) is 3. The highest BCUT2D eigenvalue weighted by atomic mass is 31.2. The van der Waals surface area contributed by atoms with E-state index in [1.807, 2.05) is 18.2 Å². The van der Waals surface area contributed by atoms with Crippen LogP contribution in [0.1, 0.15) is 158 Å². The minimum atomic E-state index is -3.47. The fraction of sp³-hybridized carbons (Fsp3) is 0.500. The van der Waals surface area contributed by atoms with Crippen molar-refractivity contribution in [2.75, 3.05) is 0 Å². The molecule has 52 heavy (non-hydrogen) atoms. The van der Waals surface area contributed by atoms with E-state index in [1.54, 1.807) is 0 Å². The molecule has 4 aromatic carbocycles. The van der Waals surface area contributed by atoms with Gasteiger partial charge in [0.15, 0.2) is 17.2 Å². The topological polar surface area (TPSA) is 27.7 Å². The maximum absolute atomic E-state index is 7.52. The van der Waals surface area contributed by atoms with Crippen molar-refractivity contribution in [3.63, 3.8) is 0 Å². The summed E-state index contributed by atoms with van der Waals surface area (Å²) in [6.07, 6.45) is 0. The van der Waals surface area contributed by atoms with Crippen LogP contribution >= 0.6 is 7.94 Å². The average Bonchev–Trinajstić information content (AvgIpc) is 2.98. The molecule has 4 heteroatoms. The molecule has 0 amide bonds. The van der Waals surface area contributed by atoms with E-state index in [-0.39, 0.29) is 32.5 Å². The van der Waals surface area contributed by atoms with Gasteiger partial charge in [-0.05, 0) is 79.5 Å². The summed E-state index contributed by atoms with van der Waals surface area (Å²) in [6, 6.07) is 30.2. The Labute approximate surface area is 318 Å². The third-order valence-electron chi connectivity index (χ3n) is 9.69. The average molecular weight is 724 g/mol. The van der Waals surface area contributed by atoms with Crippen molar-refractivity contribution >= 4 is 13.2 Å². The Morgan fingerprint density at radius 3 is 0.827 bits per heavy atom. The first-order chi connectivity index (χ1) is 23.5.